The Balaban J connectivity index is 1.69. The number of sulfonamides is 1. The van der Waals surface area contributed by atoms with Crippen LogP contribution >= 0.6 is 0 Å². The maximum atomic E-state index is 12.9. The van der Waals surface area contributed by atoms with E-state index in [9.17, 15) is 8.42 Å². The highest BCUT2D eigenvalue weighted by Crippen LogP contribution is 2.40. The predicted molar refractivity (Wildman–Crippen MR) is 103 cm³/mol. The second-order valence-electron chi connectivity index (χ2n) is 8.79. The number of aryl methyl sites for hydroxylation is 1. The van der Waals surface area contributed by atoms with Crippen molar-refractivity contribution in [2.45, 2.75) is 64.0 Å². The fourth-order valence-corrected chi connectivity index (χ4v) is 5.25. The minimum Gasteiger partial charge on any atom is -0.403 e. The first kappa shape index (κ1) is 19.9. The molecule has 2 saturated heterocycles. The lowest BCUT2D eigenvalue weighted by molar-refractivity contribution is 0.00578. The van der Waals surface area contributed by atoms with Crippen LogP contribution in [0.2, 0.25) is 6.32 Å². The molecule has 26 heavy (non-hydrogen) atoms. The zero-order chi connectivity index (χ0) is 19.3. The monoisotopic (exact) mass is 379 g/mol. The Kier molecular flexibility index (Phi) is 5.06. The number of hydrogen-bond donors (Lipinski definition) is 0. The summed E-state index contributed by atoms with van der Waals surface area (Å²) in [6.45, 7) is 13.3. The first-order chi connectivity index (χ1) is 11.9. The lowest BCUT2D eigenvalue weighted by Crippen LogP contribution is -2.41. The van der Waals surface area contributed by atoms with Gasteiger partial charge in [0.05, 0.1) is 16.1 Å². The van der Waals surface area contributed by atoms with Crippen molar-refractivity contribution >= 4 is 17.1 Å². The van der Waals surface area contributed by atoms with Gasteiger partial charge < -0.3 is 9.31 Å². The fourth-order valence-electron chi connectivity index (χ4n) is 3.66. The van der Waals surface area contributed by atoms with Crippen LogP contribution in [-0.2, 0) is 19.3 Å². The maximum Gasteiger partial charge on any atom is 0.458 e. The number of hydrogen-bond acceptors (Lipinski definition) is 4. The molecule has 0 N–H and O–H groups in total. The Morgan fingerprint density at radius 1 is 1.08 bits per heavy atom. The van der Waals surface area contributed by atoms with Crippen molar-refractivity contribution in [3.63, 3.8) is 0 Å². The van der Waals surface area contributed by atoms with Crippen LogP contribution < -0.4 is 0 Å². The van der Waals surface area contributed by atoms with Gasteiger partial charge in [-0.3, -0.25) is 0 Å². The number of nitrogens with zero attached hydrogens (tertiary/aromatic N) is 1. The molecule has 0 unspecified atom stereocenters. The van der Waals surface area contributed by atoms with E-state index in [1.54, 1.807) is 16.4 Å². The average molecular weight is 379 g/mol. The summed E-state index contributed by atoms with van der Waals surface area (Å²) in [5, 5.41) is 0. The molecular weight excluding hydrogens is 349 g/mol. The smallest absolute Gasteiger partial charge is 0.403 e. The molecule has 0 aliphatic carbocycles. The largest absolute Gasteiger partial charge is 0.458 e. The van der Waals surface area contributed by atoms with Gasteiger partial charge in [0.1, 0.15) is 0 Å². The molecule has 1 aromatic carbocycles. The van der Waals surface area contributed by atoms with Crippen LogP contribution in [0.4, 0.5) is 0 Å². The van der Waals surface area contributed by atoms with Gasteiger partial charge in [0.25, 0.3) is 0 Å². The van der Waals surface area contributed by atoms with Gasteiger partial charge in [-0.2, -0.15) is 4.31 Å². The van der Waals surface area contributed by atoms with Crippen LogP contribution in [0.5, 0.6) is 0 Å². The standard InChI is InChI=1S/C19H30BNO4S/c1-14-7-9-17(10-8-14)26(22,23)21-12-15(2)16(13-21)11-20-24-18(3,4)19(5,6)25-20/h7-10,15-16H,11-13H2,1-6H3/t15-,16-/m0/s1. The lowest BCUT2D eigenvalue weighted by Gasteiger charge is -2.32. The predicted octanol–water partition coefficient (Wildman–Crippen LogP) is 3.34. The minimum atomic E-state index is -3.45. The van der Waals surface area contributed by atoms with E-state index in [1.807, 2.05) is 46.8 Å². The third kappa shape index (κ3) is 3.59. The summed E-state index contributed by atoms with van der Waals surface area (Å²) in [6, 6.07) is 7.07. The van der Waals surface area contributed by atoms with Gasteiger partial charge in [-0.25, -0.2) is 8.42 Å². The molecule has 3 rings (SSSR count). The van der Waals surface area contributed by atoms with E-state index in [4.69, 9.17) is 9.31 Å². The quantitative estimate of drug-likeness (QED) is 0.753. The maximum absolute atomic E-state index is 12.9. The van der Waals surface area contributed by atoms with Gasteiger partial charge in [-0.1, -0.05) is 24.6 Å². The normalized spacial score (nSPS) is 28.6. The molecule has 0 radical (unpaired) electrons. The van der Waals surface area contributed by atoms with Gasteiger partial charge in [0.15, 0.2) is 0 Å². The third-order valence-corrected chi connectivity index (χ3v) is 8.04. The Morgan fingerprint density at radius 2 is 1.62 bits per heavy atom. The first-order valence-electron chi connectivity index (χ1n) is 9.35. The molecule has 0 amide bonds. The topological polar surface area (TPSA) is 55.8 Å². The lowest BCUT2D eigenvalue weighted by atomic mass is 9.74. The Hall–Kier alpha value is -0.885. The Labute approximate surface area is 158 Å². The van der Waals surface area contributed by atoms with Crippen molar-refractivity contribution in [1.82, 2.24) is 4.31 Å². The number of benzene rings is 1. The van der Waals surface area contributed by atoms with Crippen molar-refractivity contribution in [2.75, 3.05) is 13.1 Å². The highest BCUT2D eigenvalue weighted by molar-refractivity contribution is 7.89. The van der Waals surface area contributed by atoms with Crippen LogP contribution in [0.25, 0.3) is 0 Å². The second kappa shape index (κ2) is 6.62. The Morgan fingerprint density at radius 3 is 2.15 bits per heavy atom. The first-order valence-corrected chi connectivity index (χ1v) is 10.8. The van der Waals surface area contributed by atoms with E-state index in [0.29, 0.717) is 24.3 Å². The third-order valence-electron chi connectivity index (χ3n) is 6.19. The summed E-state index contributed by atoms with van der Waals surface area (Å²) >= 11 is 0. The molecule has 0 aromatic heterocycles. The highest BCUT2D eigenvalue weighted by atomic mass is 32.2. The zero-order valence-electron chi connectivity index (χ0n) is 16.7. The minimum absolute atomic E-state index is 0.227. The average Bonchev–Trinajstić information content (AvgIpc) is 2.97. The summed E-state index contributed by atoms with van der Waals surface area (Å²) in [7, 11) is -3.73. The molecule has 2 atom stereocenters. The van der Waals surface area contributed by atoms with Gasteiger partial charge in [-0.15, -0.1) is 0 Å². The molecule has 2 fully saturated rings. The summed E-state index contributed by atoms with van der Waals surface area (Å²) in [6.07, 6.45) is 0.716. The van der Waals surface area contributed by atoms with Crippen molar-refractivity contribution in [1.29, 1.82) is 0 Å². The van der Waals surface area contributed by atoms with E-state index in [1.165, 1.54) is 0 Å². The zero-order valence-corrected chi connectivity index (χ0v) is 17.5. The molecule has 0 bridgehead atoms. The SMILES string of the molecule is Cc1ccc(S(=O)(=O)N2C[C@H](CB3OC(C)(C)C(C)(C)O3)[C@@H](C)C2)cc1. The van der Waals surface area contributed by atoms with Gasteiger partial charge in [0, 0.05) is 13.1 Å². The van der Waals surface area contributed by atoms with Gasteiger partial charge in [-0.05, 0) is 64.9 Å². The molecule has 2 heterocycles. The van der Waals surface area contributed by atoms with Gasteiger partial charge in [0.2, 0.25) is 10.0 Å². The molecule has 2 aliphatic heterocycles. The van der Waals surface area contributed by atoms with Crippen molar-refractivity contribution in [2.24, 2.45) is 11.8 Å². The van der Waals surface area contributed by atoms with Gasteiger partial charge >= 0.3 is 7.12 Å². The number of rotatable bonds is 4. The van der Waals surface area contributed by atoms with Crippen LogP contribution in [0.15, 0.2) is 29.2 Å². The second-order valence-corrected chi connectivity index (χ2v) is 10.7. The van der Waals surface area contributed by atoms with Crippen LogP contribution in [-0.4, -0.2) is 44.1 Å². The Bertz CT molecular complexity index is 744. The molecule has 144 valence electrons. The van der Waals surface area contributed by atoms with Crippen LogP contribution in [0.3, 0.4) is 0 Å². The van der Waals surface area contributed by atoms with E-state index < -0.39 is 10.0 Å². The molecule has 7 heteroatoms. The van der Waals surface area contributed by atoms with Crippen molar-refractivity contribution in [3.8, 4) is 0 Å². The van der Waals surface area contributed by atoms with E-state index >= 15 is 0 Å². The van der Waals surface area contributed by atoms with Crippen LogP contribution in [0, 0.1) is 18.8 Å². The molecule has 1 aromatic rings. The summed E-state index contributed by atoms with van der Waals surface area (Å²) in [5.41, 5.74) is 0.345. The fraction of sp³-hybridized carbons (Fsp3) is 0.684. The molecule has 0 saturated carbocycles. The van der Waals surface area contributed by atoms with E-state index in [2.05, 4.69) is 6.92 Å². The van der Waals surface area contributed by atoms with Crippen molar-refractivity contribution in [3.05, 3.63) is 29.8 Å². The molecule has 2 aliphatic rings. The van der Waals surface area contributed by atoms with Crippen LogP contribution in [0.1, 0.15) is 40.2 Å². The molecule has 5 nitrogen and oxygen atoms in total. The summed E-state index contributed by atoms with van der Waals surface area (Å²) < 4.78 is 39.7. The van der Waals surface area contributed by atoms with Crippen molar-refractivity contribution < 1.29 is 17.7 Å². The summed E-state index contributed by atoms with van der Waals surface area (Å²) in [4.78, 5) is 0.367. The molecule has 0 spiro atoms. The highest BCUT2D eigenvalue weighted by Gasteiger charge is 2.52. The summed E-state index contributed by atoms with van der Waals surface area (Å²) in [5.74, 6) is 0.499. The van der Waals surface area contributed by atoms with E-state index in [0.717, 1.165) is 5.56 Å². The molecular formula is C19H30BNO4S. The van der Waals surface area contributed by atoms with E-state index in [-0.39, 0.29) is 30.2 Å².